The lowest BCUT2D eigenvalue weighted by Gasteiger charge is -2.30. The molecule has 3 amide bonds. The van der Waals surface area contributed by atoms with Crippen LogP contribution in [-0.4, -0.2) is 64.9 Å². The first kappa shape index (κ1) is 25.0. The Bertz CT molecular complexity index is 870. The molecule has 1 aliphatic heterocycles. The minimum absolute atomic E-state index is 0.0168. The van der Waals surface area contributed by atoms with Crippen LogP contribution in [0.25, 0.3) is 0 Å². The second-order valence-electron chi connectivity index (χ2n) is 7.59. The minimum atomic E-state index is -3.28. The molecule has 0 saturated carbocycles. The maximum absolute atomic E-state index is 14.1. The van der Waals surface area contributed by atoms with E-state index in [0.29, 0.717) is 10.5 Å². The molecule has 3 atom stereocenters. The van der Waals surface area contributed by atoms with Crippen molar-refractivity contribution in [2.75, 3.05) is 13.1 Å². The molecule has 0 aromatic heterocycles. The molecule has 1 heterocycles. The van der Waals surface area contributed by atoms with Gasteiger partial charge in [-0.3, -0.25) is 14.4 Å². The van der Waals surface area contributed by atoms with Gasteiger partial charge < -0.3 is 20.6 Å². The first-order valence-corrected chi connectivity index (χ1v) is 10.2. The molecule has 9 heteroatoms. The van der Waals surface area contributed by atoms with E-state index in [9.17, 15) is 28.3 Å². The summed E-state index contributed by atoms with van der Waals surface area (Å²) in [5.41, 5.74) is 0.716. The standard InChI is InChI=1S/C23H27F2N3O4/c1-3-5-11-19(29)27-17(13-16-9-7-6-8-10-16)20(30)22(32)28-15-23(24,25)14-18(28)21(31)26-12-4-2/h1,4,6-10,17-18,20,30H,2,5,11-15H2,(H,26,31)(H,27,29). The monoisotopic (exact) mass is 447 g/mol. The Labute approximate surface area is 185 Å². The second kappa shape index (κ2) is 11.4. The van der Waals surface area contributed by atoms with Gasteiger partial charge in [-0.25, -0.2) is 8.78 Å². The van der Waals surface area contributed by atoms with Gasteiger partial charge in [0.2, 0.25) is 11.8 Å². The van der Waals surface area contributed by atoms with Crippen LogP contribution in [0.15, 0.2) is 43.0 Å². The average Bonchev–Trinajstić information content (AvgIpc) is 3.10. The third-order valence-corrected chi connectivity index (χ3v) is 5.05. The smallest absolute Gasteiger partial charge is 0.267 e. The predicted octanol–water partition coefficient (Wildman–Crippen LogP) is 1.03. The fourth-order valence-electron chi connectivity index (χ4n) is 3.49. The largest absolute Gasteiger partial charge is 0.381 e. The van der Waals surface area contributed by atoms with Crippen LogP contribution in [0.5, 0.6) is 0 Å². The molecule has 0 spiro atoms. The highest BCUT2D eigenvalue weighted by atomic mass is 19.3. The Morgan fingerprint density at radius 3 is 2.66 bits per heavy atom. The van der Waals surface area contributed by atoms with Crippen LogP contribution in [0, 0.1) is 12.3 Å². The summed E-state index contributed by atoms with van der Waals surface area (Å²) in [6, 6.07) is 6.23. The quantitative estimate of drug-likeness (QED) is 0.369. The molecule has 0 bridgehead atoms. The van der Waals surface area contributed by atoms with Crippen molar-refractivity contribution in [3.05, 3.63) is 48.6 Å². The fraction of sp³-hybridized carbons (Fsp3) is 0.435. The highest BCUT2D eigenvalue weighted by molar-refractivity contribution is 5.91. The number of rotatable bonds is 10. The molecular weight excluding hydrogens is 420 g/mol. The van der Waals surface area contributed by atoms with Gasteiger partial charge in [0.25, 0.3) is 11.8 Å². The molecule has 3 N–H and O–H groups in total. The molecule has 0 aliphatic carbocycles. The van der Waals surface area contributed by atoms with Crippen LogP contribution in [0.4, 0.5) is 8.78 Å². The number of halogens is 2. The molecular formula is C23H27F2N3O4. The van der Waals surface area contributed by atoms with Crippen molar-refractivity contribution < 1.29 is 28.3 Å². The zero-order valence-corrected chi connectivity index (χ0v) is 17.6. The van der Waals surface area contributed by atoms with Crippen LogP contribution in [0.1, 0.15) is 24.8 Å². The topological polar surface area (TPSA) is 98.7 Å². The molecule has 7 nitrogen and oxygen atoms in total. The van der Waals surface area contributed by atoms with E-state index in [1.165, 1.54) is 6.08 Å². The van der Waals surface area contributed by atoms with E-state index in [1.807, 2.05) is 0 Å². The lowest BCUT2D eigenvalue weighted by molar-refractivity contribution is -0.147. The van der Waals surface area contributed by atoms with E-state index in [4.69, 9.17) is 6.42 Å². The van der Waals surface area contributed by atoms with Gasteiger partial charge in [0.15, 0.2) is 6.10 Å². The summed E-state index contributed by atoms with van der Waals surface area (Å²) < 4.78 is 28.2. The van der Waals surface area contributed by atoms with Crippen molar-refractivity contribution in [3.8, 4) is 12.3 Å². The van der Waals surface area contributed by atoms with Crippen molar-refractivity contribution in [1.82, 2.24) is 15.5 Å². The Hall–Kier alpha value is -3.25. The van der Waals surface area contributed by atoms with Crippen LogP contribution in [0.3, 0.4) is 0 Å². The molecule has 1 aliphatic rings. The van der Waals surface area contributed by atoms with E-state index >= 15 is 0 Å². The summed E-state index contributed by atoms with van der Waals surface area (Å²) >= 11 is 0. The normalized spacial score (nSPS) is 18.8. The number of hydrogen-bond donors (Lipinski definition) is 3. The zero-order chi connectivity index (χ0) is 23.7. The predicted molar refractivity (Wildman–Crippen MR) is 114 cm³/mol. The van der Waals surface area contributed by atoms with E-state index in [1.54, 1.807) is 30.3 Å². The van der Waals surface area contributed by atoms with Crippen molar-refractivity contribution in [3.63, 3.8) is 0 Å². The third-order valence-electron chi connectivity index (χ3n) is 5.05. The molecule has 1 saturated heterocycles. The number of terminal acetylenes is 1. The molecule has 3 unspecified atom stereocenters. The van der Waals surface area contributed by atoms with Crippen LogP contribution < -0.4 is 10.6 Å². The highest BCUT2D eigenvalue weighted by Crippen LogP contribution is 2.33. The Balaban J connectivity index is 2.23. The number of alkyl halides is 2. The Morgan fingerprint density at radius 1 is 1.34 bits per heavy atom. The van der Waals surface area contributed by atoms with Gasteiger partial charge in [-0.1, -0.05) is 36.4 Å². The van der Waals surface area contributed by atoms with Gasteiger partial charge in [-0.05, 0) is 12.0 Å². The number of carbonyl (C=O) groups excluding carboxylic acids is 3. The minimum Gasteiger partial charge on any atom is -0.381 e. The van der Waals surface area contributed by atoms with Gasteiger partial charge in [0.05, 0.1) is 12.6 Å². The first-order chi connectivity index (χ1) is 15.2. The van der Waals surface area contributed by atoms with Crippen molar-refractivity contribution in [2.45, 2.75) is 49.8 Å². The summed E-state index contributed by atoms with van der Waals surface area (Å²) in [6.45, 7) is 2.49. The van der Waals surface area contributed by atoms with Gasteiger partial charge in [0, 0.05) is 25.8 Å². The number of amides is 3. The maximum atomic E-state index is 14.1. The lowest BCUT2D eigenvalue weighted by atomic mass is 9.99. The summed E-state index contributed by atoms with van der Waals surface area (Å²) in [7, 11) is 0. The molecule has 1 aromatic carbocycles. The van der Waals surface area contributed by atoms with Crippen LogP contribution in [0.2, 0.25) is 0 Å². The highest BCUT2D eigenvalue weighted by Gasteiger charge is 2.51. The van der Waals surface area contributed by atoms with Gasteiger partial charge in [-0.2, -0.15) is 0 Å². The number of carbonyl (C=O) groups is 3. The maximum Gasteiger partial charge on any atom is 0.267 e. The van der Waals surface area contributed by atoms with E-state index in [0.717, 1.165) is 0 Å². The zero-order valence-electron chi connectivity index (χ0n) is 17.6. The van der Waals surface area contributed by atoms with Crippen molar-refractivity contribution in [1.29, 1.82) is 0 Å². The van der Waals surface area contributed by atoms with E-state index < -0.39 is 54.8 Å². The number of nitrogens with one attached hydrogen (secondary N) is 2. The second-order valence-corrected chi connectivity index (χ2v) is 7.59. The van der Waals surface area contributed by atoms with Crippen molar-refractivity contribution in [2.24, 2.45) is 0 Å². The number of likely N-dealkylation sites (tertiary alicyclic amines) is 1. The number of nitrogens with zero attached hydrogens (tertiary/aromatic N) is 1. The molecule has 1 aromatic rings. The van der Waals surface area contributed by atoms with E-state index in [-0.39, 0.29) is 25.8 Å². The molecule has 172 valence electrons. The summed E-state index contributed by atoms with van der Waals surface area (Å²) in [5.74, 6) is -3.26. The average molecular weight is 447 g/mol. The lowest BCUT2D eigenvalue weighted by Crippen LogP contribution is -2.55. The first-order valence-electron chi connectivity index (χ1n) is 10.2. The van der Waals surface area contributed by atoms with Gasteiger partial charge in [0.1, 0.15) is 6.04 Å². The summed E-state index contributed by atoms with van der Waals surface area (Å²) in [6.07, 6.45) is 4.08. The third kappa shape index (κ3) is 6.89. The number of hydrogen-bond acceptors (Lipinski definition) is 4. The Morgan fingerprint density at radius 2 is 2.03 bits per heavy atom. The van der Waals surface area contributed by atoms with Crippen LogP contribution in [-0.2, 0) is 20.8 Å². The Kier molecular flexibility index (Phi) is 8.91. The molecule has 32 heavy (non-hydrogen) atoms. The number of benzene rings is 1. The molecule has 1 fully saturated rings. The number of aliphatic hydroxyl groups is 1. The van der Waals surface area contributed by atoms with E-state index in [2.05, 4.69) is 23.1 Å². The summed E-state index contributed by atoms with van der Waals surface area (Å²) in [5, 5.41) is 15.8. The van der Waals surface area contributed by atoms with Crippen molar-refractivity contribution >= 4 is 17.7 Å². The summed E-state index contributed by atoms with van der Waals surface area (Å²) in [4.78, 5) is 38.2. The number of aliphatic hydroxyl groups excluding tert-OH is 1. The molecule has 0 radical (unpaired) electrons. The fourth-order valence-corrected chi connectivity index (χ4v) is 3.49. The van der Waals surface area contributed by atoms with Gasteiger partial charge >= 0.3 is 0 Å². The van der Waals surface area contributed by atoms with Gasteiger partial charge in [-0.15, -0.1) is 18.9 Å². The van der Waals surface area contributed by atoms with Crippen LogP contribution >= 0.6 is 0 Å². The molecule has 2 rings (SSSR count). The SMILES string of the molecule is C#CCCC(=O)NC(Cc1ccccc1)C(O)C(=O)N1CC(F)(F)CC1C(=O)NCC=C.